The Kier molecular flexibility index (Phi) is 5.17. The lowest BCUT2D eigenvalue weighted by Crippen LogP contribution is -2.00. The van der Waals surface area contributed by atoms with Gasteiger partial charge in [-0.2, -0.15) is 14.0 Å². The van der Waals surface area contributed by atoms with Crippen LogP contribution in [-0.4, -0.2) is 5.76 Å². The van der Waals surface area contributed by atoms with Crippen LogP contribution < -0.4 is 5.32 Å². The average molecular weight is 312 g/mol. The van der Waals surface area contributed by atoms with Crippen LogP contribution >= 0.6 is 11.8 Å². The van der Waals surface area contributed by atoms with Crippen molar-refractivity contribution < 1.29 is 17.6 Å². The third-order valence-corrected chi connectivity index (χ3v) is 3.33. The van der Waals surface area contributed by atoms with Gasteiger partial charge < -0.3 is 9.73 Å². The van der Waals surface area contributed by atoms with E-state index in [2.05, 4.69) is 5.32 Å². The first kappa shape index (κ1) is 15.3. The summed E-state index contributed by atoms with van der Waals surface area (Å²) in [5.41, 5.74) is 0.675. The van der Waals surface area contributed by atoms with Gasteiger partial charge in [0.15, 0.2) is 0 Å². The molecule has 110 valence electrons. The highest BCUT2D eigenvalue weighted by atomic mass is 32.2. The van der Waals surface area contributed by atoms with Crippen LogP contribution in [0.4, 0.5) is 18.9 Å². The van der Waals surface area contributed by atoms with Gasteiger partial charge in [-0.15, -0.1) is 0 Å². The predicted octanol–water partition coefficient (Wildman–Crippen LogP) is 4.36. The highest BCUT2D eigenvalue weighted by Gasteiger charge is 2.08. The minimum absolute atomic E-state index is 0.0949. The molecule has 0 aliphatic rings. The molecule has 1 N–H and O–H groups in total. The minimum atomic E-state index is -2.44. The zero-order valence-electron chi connectivity index (χ0n) is 10.8. The number of hydrogen-bond acceptors (Lipinski definition) is 4. The molecular formula is C14H11F3N2OS. The third kappa shape index (κ3) is 4.46. The van der Waals surface area contributed by atoms with Crippen LogP contribution in [0.1, 0.15) is 17.1 Å². The molecule has 0 atom stereocenters. The molecule has 2 aromatic rings. The number of nitrogens with one attached hydrogen (secondary N) is 1. The van der Waals surface area contributed by atoms with Crippen molar-refractivity contribution in [2.75, 3.05) is 5.32 Å². The smallest absolute Gasteiger partial charge is 0.284 e. The van der Waals surface area contributed by atoms with Gasteiger partial charge in [0.1, 0.15) is 23.4 Å². The molecule has 0 aliphatic heterocycles. The summed E-state index contributed by atoms with van der Waals surface area (Å²) in [6.07, 6.45) is 0. The van der Waals surface area contributed by atoms with E-state index < -0.39 is 11.6 Å². The second-order valence-corrected chi connectivity index (χ2v) is 5.07. The number of nitrogens with zero attached hydrogens (tertiary/aromatic N) is 1. The van der Waals surface area contributed by atoms with Crippen molar-refractivity contribution in [3.05, 3.63) is 53.2 Å². The number of halogens is 3. The fourth-order valence-corrected chi connectivity index (χ4v) is 2.13. The molecule has 0 spiro atoms. The lowest BCUT2D eigenvalue weighted by molar-refractivity contribution is 0.251. The molecule has 0 saturated heterocycles. The summed E-state index contributed by atoms with van der Waals surface area (Å²) in [6, 6.07) is 9.03. The lowest BCUT2D eigenvalue weighted by Gasteiger charge is -2.06. The summed E-state index contributed by atoms with van der Waals surface area (Å²) in [5.74, 6) is -1.82. The standard InChI is InChI=1S/C14H11F3N2OS/c15-10-1-4-13(9(5-10)6-18)19-7-11-2-3-12(20-11)8-21-14(16)17/h1-5,14,19H,7-8H2. The van der Waals surface area contributed by atoms with Gasteiger partial charge in [0.2, 0.25) is 0 Å². The van der Waals surface area contributed by atoms with E-state index in [4.69, 9.17) is 9.68 Å². The van der Waals surface area contributed by atoms with Crippen molar-refractivity contribution in [3.8, 4) is 6.07 Å². The highest BCUT2D eigenvalue weighted by Crippen LogP contribution is 2.22. The molecule has 21 heavy (non-hydrogen) atoms. The van der Waals surface area contributed by atoms with Crippen molar-refractivity contribution in [2.24, 2.45) is 0 Å². The van der Waals surface area contributed by atoms with Crippen molar-refractivity contribution in [3.63, 3.8) is 0 Å². The van der Waals surface area contributed by atoms with Gasteiger partial charge in [-0.3, -0.25) is 0 Å². The maximum Gasteiger partial charge on any atom is 0.284 e. The Morgan fingerprint density at radius 2 is 2.00 bits per heavy atom. The van der Waals surface area contributed by atoms with E-state index in [1.165, 1.54) is 12.1 Å². The fourth-order valence-electron chi connectivity index (χ4n) is 1.69. The van der Waals surface area contributed by atoms with E-state index in [0.717, 1.165) is 6.07 Å². The second-order valence-electron chi connectivity index (χ2n) is 4.09. The van der Waals surface area contributed by atoms with Crippen LogP contribution in [0.2, 0.25) is 0 Å². The maximum atomic E-state index is 13.0. The molecule has 1 heterocycles. The van der Waals surface area contributed by atoms with E-state index in [-0.39, 0.29) is 17.9 Å². The number of alkyl halides is 2. The molecule has 2 rings (SSSR count). The van der Waals surface area contributed by atoms with E-state index >= 15 is 0 Å². The number of anilines is 1. The molecule has 7 heteroatoms. The van der Waals surface area contributed by atoms with E-state index in [9.17, 15) is 13.2 Å². The monoisotopic (exact) mass is 312 g/mol. The average Bonchev–Trinajstić information content (AvgIpc) is 2.91. The van der Waals surface area contributed by atoms with Gasteiger partial charge in [-0.1, -0.05) is 11.8 Å². The molecule has 1 aromatic carbocycles. The third-order valence-electron chi connectivity index (χ3n) is 2.62. The van der Waals surface area contributed by atoms with Gasteiger partial charge >= 0.3 is 0 Å². The molecular weight excluding hydrogens is 301 g/mol. The van der Waals surface area contributed by atoms with Crippen LogP contribution in [0.15, 0.2) is 34.7 Å². The Morgan fingerprint density at radius 3 is 2.71 bits per heavy atom. The number of furan rings is 1. The minimum Gasteiger partial charge on any atom is -0.463 e. The lowest BCUT2D eigenvalue weighted by atomic mass is 10.2. The fraction of sp³-hybridized carbons (Fsp3) is 0.214. The Bertz CT molecular complexity index is 652. The number of hydrogen-bond donors (Lipinski definition) is 1. The summed E-state index contributed by atoms with van der Waals surface area (Å²) in [5, 5.41) is 11.9. The number of thioether (sulfide) groups is 1. The van der Waals surface area contributed by atoms with Crippen LogP contribution in [0.5, 0.6) is 0 Å². The molecule has 0 saturated carbocycles. The van der Waals surface area contributed by atoms with E-state index in [1.807, 2.05) is 6.07 Å². The van der Waals surface area contributed by atoms with Crippen LogP contribution in [0.3, 0.4) is 0 Å². The Morgan fingerprint density at radius 1 is 1.24 bits per heavy atom. The molecule has 0 fully saturated rings. The largest absolute Gasteiger partial charge is 0.463 e. The van der Waals surface area contributed by atoms with E-state index in [0.29, 0.717) is 29.0 Å². The quantitative estimate of drug-likeness (QED) is 0.861. The van der Waals surface area contributed by atoms with Gasteiger partial charge in [-0.25, -0.2) is 4.39 Å². The topological polar surface area (TPSA) is 49.0 Å². The molecule has 0 unspecified atom stereocenters. The van der Waals surface area contributed by atoms with Gasteiger partial charge in [0.25, 0.3) is 5.76 Å². The van der Waals surface area contributed by atoms with E-state index in [1.54, 1.807) is 12.1 Å². The molecule has 1 aromatic heterocycles. The number of nitriles is 1. The predicted molar refractivity (Wildman–Crippen MR) is 74.4 cm³/mol. The zero-order valence-corrected chi connectivity index (χ0v) is 11.6. The molecule has 0 bridgehead atoms. The van der Waals surface area contributed by atoms with Crippen molar-refractivity contribution in [1.82, 2.24) is 0 Å². The van der Waals surface area contributed by atoms with Crippen LogP contribution in [0, 0.1) is 17.1 Å². The van der Waals surface area contributed by atoms with Gasteiger partial charge in [0, 0.05) is 0 Å². The summed E-state index contributed by atoms with van der Waals surface area (Å²) in [7, 11) is 0. The highest BCUT2D eigenvalue weighted by molar-refractivity contribution is 7.98. The zero-order chi connectivity index (χ0) is 15.2. The first-order valence-corrected chi connectivity index (χ1v) is 7.04. The first-order valence-electron chi connectivity index (χ1n) is 5.99. The van der Waals surface area contributed by atoms with Gasteiger partial charge in [-0.05, 0) is 30.3 Å². The van der Waals surface area contributed by atoms with Crippen molar-refractivity contribution >= 4 is 17.4 Å². The summed E-state index contributed by atoms with van der Waals surface area (Å²) < 4.78 is 42.5. The summed E-state index contributed by atoms with van der Waals surface area (Å²) in [4.78, 5) is 0. The number of rotatable bonds is 6. The Labute approximate surface area is 123 Å². The molecule has 3 nitrogen and oxygen atoms in total. The molecule has 0 amide bonds. The second kappa shape index (κ2) is 7.09. The Hall–Kier alpha value is -2.07. The van der Waals surface area contributed by atoms with Crippen molar-refractivity contribution in [2.45, 2.75) is 18.1 Å². The first-order chi connectivity index (χ1) is 10.1. The van der Waals surface area contributed by atoms with Crippen LogP contribution in [0.25, 0.3) is 0 Å². The SMILES string of the molecule is N#Cc1cc(F)ccc1NCc1ccc(CSC(F)F)o1. The number of benzene rings is 1. The summed E-state index contributed by atoms with van der Waals surface area (Å²) in [6.45, 7) is 0.277. The molecule has 0 aliphatic carbocycles. The maximum absolute atomic E-state index is 13.0. The summed E-state index contributed by atoms with van der Waals surface area (Å²) >= 11 is 0.488. The van der Waals surface area contributed by atoms with Crippen molar-refractivity contribution in [1.29, 1.82) is 5.26 Å². The van der Waals surface area contributed by atoms with Crippen LogP contribution in [-0.2, 0) is 12.3 Å². The normalized spacial score (nSPS) is 10.6. The Balaban J connectivity index is 1.96. The molecule has 0 radical (unpaired) electrons. The van der Waals surface area contributed by atoms with Gasteiger partial charge in [0.05, 0.1) is 23.5 Å².